The van der Waals surface area contributed by atoms with E-state index >= 15 is 0 Å². The van der Waals surface area contributed by atoms with Crippen LogP contribution in [-0.2, 0) is 0 Å². The van der Waals surface area contributed by atoms with Crippen LogP contribution in [0.15, 0.2) is 18.2 Å². The summed E-state index contributed by atoms with van der Waals surface area (Å²) in [6, 6.07) is 5.69. The van der Waals surface area contributed by atoms with Crippen LogP contribution in [0.2, 0.25) is 0 Å². The Bertz CT molecular complexity index is 509. The lowest BCUT2D eigenvalue weighted by atomic mass is 10.3. The molecule has 0 saturated carbocycles. The van der Waals surface area contributed by atoms with Gasteiger partial charge in [0.1, 0.15) is 5.75 Å². The second kappa shape index (κ2) is 4.00. The zero-order valence-electron chi connectivity index (χ0n) is 7.98. The predicted molar refractivity (Wildman–Crippen MR) is 66.6 cm³/mol. The number of aromatic nitrogens is 1. The first-order chi connectivity index (χ1) is 7.19. The quantitative estimate of drug-likeness (QED) is 0.784. The number of rotatable bonds is 2. The number of thiazole rings is 1. The van der Waals surface area contributed by atoms with E-state index < -0.39 is 0 Å². The van der Waals surface area contributed by atoms with Crippen molar-refractivity contribution in [2.75, 3.05) is 12.4 Å². The maximum atomic E-state index is 5.36. The lowest BCUT2D eigenvalue weighted by Gasteiger charge is -1.96. The zero-order valence-corrected chi connectivity index (χ0v) is 9.61. The molecule has 6 heteroatoms. The van der Waals surface area contributed by atoms with Gasteiger partial charge >= 0.3 is 0 Å². The molecule has 2 rings (SSSR count). The molecule has 0 saturated heterocycles. The van der Waals surface area contributed by atoms with Crippen molar-refractivity contribution in [1.29, 1.82) is 0 Å². The number of benzene rings is 1. The van der Waals surface area contributed by atoms with E-state index in [4.69, 9.17) is 22.7 Å². The molecule has 1 aromatic carbocycles. The second-order valence-electron chi connectivity index (χ2n) is 2.84. The molecule has 0 unspecified atom stereocenters. The average molecular weight is 239 g/mol. The van der Waals surface area contributed by atoms with Gasteiger partial charge in [-0.05, 0) is 30.4 Å². The van der Waals surface area contributed by atoms with Crippen LogP contribution in [0.25, 0.3) is 10.2 Å². The van der Waals surface area contributed by atoms with Crippen molar-refractivity contribution in [3.8, 4) is 5.75 Å². The summed E-state index contributed by atoms with van der Waals surface area (Å²) in [4.78, 5) is 4.31. The van der Waals surface area contributed by atoms with E-state index in [1.807, 2.05) is 18.2 Å². The van der Waals surface area contributed by atoms with Crippen molar-refractivity contribution < 1.29 is 4.74 Å². The van der Waals surface area contributed by atoms with E-state index in [-0.39, 0.29) is 5.11 Å². The molecular formula is C9H9N3OS2. The molecule has 0 atom stereocenters. The summed E-state index contributed by atoms with van der Waals surface area (Å²) >= 11 is 6.22. The van der Waals surface area contributed by atoms with Crippen molar-refractivity contribution in [1.82, 2.24) is 4.98 Å². The van der Waals surface area contributed by atoms with Gasteiger partial charge in [-0.3, -0.25) is 0 Å². The van der Waals surface area contributed by atoms with Crippen LogP contribution >= 0.6 is 23.6 Å². The lowest BCUT2D eigenvalue weighted by molar-refractivity contribution is 0.415. The van der Waals surface area contributed by atoms with Gasteiger partial charge in [-0.1, -0.05) is 11.3 Å². The highest BCUT2D eigenvalue weighted by atomic mass is 32.1. The summed E-state index contributed by atoms with van der Waals surface area (Å²) in [6.45, 7) is 0. The summed E-state index contributed by atoms with van der Waals surface area (Å²) in [7, 11) is 1.64. The van der Waals surface area contributed by atoms with E-state index in [1.165, 1.54) is 11.3 Å². The highest BCUT2D eigenvalue weighted by Crippen LogP contribution is 2.28. The Labute approximate surface area is 96.1 Å². The van der Waals surface area contributed by atoms with Crippen LogP contribution in [0.1, 0.15) is 0 Å². The fraction of sp³-hybridized carbons (Fsp3) is 0.111. The molecule has 0 aliphatic carbocycles. The third kappa shape index (κ3) is 2.16. The number of hydrogen-bond donors (Lipinski definition) is 2. The smallest absolute Gasteiger partial charge is 0.190 e. The Hall–Kier alpha value is -1.40. The largest absolute Gasteiger partial charge is 0.497 e. The minimum atomic E-state index is 0.223. The van der Waals surface area contributed by atoms with Crippen LogP contribution in [0.5, 0.6) is 5.75 Å². The number of fused-ring (bicyclic) bond motifs is 1. The van der Waals surface area contributed by atoms with Crippen LogP contribution in [-0.4, -0.2) is 17.2 Å². The molecule has 15 heavy (non-hydrogen) atoms. The fourth-order valence-electron chi connectivity index (χ4n) is 1.19. The number of methoxy groups -OCH3 is 1. The standard InChI is InChI=1S/C9H9N3OS2/c1-13-5-2-3-6-7(4-5)15-9(11-6)12-8(10)14/h2-4H,1H3,(H3,10,11,12,14). The maximum absolute atomic E-state index is 5.36. The van der Waals surface area contributed by atoms with E-state index in [0.717, 1.165) is 16.0 Å². The number of hydrogen-bond acceptors (Lipinski definition) is 4. The Balaban J connectivity index is 2.42. The van der Waals surface area contributed by atoms with Crippen LogP contribution < -0.4 is 15.8 Å². The monoisotopic (exact) mass is 239 g/mol. The molecule has 4 nitrogen and oxygen atoms in total. The first kappa shape index (κ1) is 10.1. The van der Waals surface area contributed by atoms with Gasteiger partial charge in [0.25, 0.3) is 0 Å². The van der Waals surface area contributed by atoms with Gasteiger partial charge in [0.05, 0.1) is 17.3 Å². The Morgan fingerprint density at radius 1 is 1.60 bits per heavy atom. The Morgan fingerprint density at radius 2 is 2.40 bits per heavy atom. The van der Waals surface area contributed by atoms with Crippen molar-refractivity contribution in [2.45, 2.75) is 0 Å². The van der Waals surface area contributed by atoms with Gasteiger partial charge in [0.2, 0.25) is 0 Å². The first-order valence-electron chi connectivity index (χ1n) is 4.20. The molecule has 0 bridgehead atoms. The number of nitrogens with two attached hydrogens (primary N) is 1. The zero-order chi connectivity index (χ0) is 10.8. The number of anilines is 1. The highest BCUT2D eigenvalue weighted by molar-refractivity contribution is 7.80. The maximum Gasteiger partial charge on any atom is 0.190 e. The Morgan fingerprint density at radius 3 is 3.07 bits per heavy atom. The second-order valence-corrected chi connectivity index (χ2v) is 4.31. The molecule has 0 radical (unpaired) electrons. The van der Waals surface area contributed by atoms with Crippen molar-refractivity contribution in [2.24, 2.45) is 5.73 Å². The summed E-state index contributed by atoms with van der Waals surface area (Å²) in [5.74, 6) is 0.813. The highest BCUT2D eigenvalue weighted by Gasteiger charge is 2.04. The number of nitrogens with zero attached hydrogens (tertiary/aromatic N) is 1. The van der Waals surface area contributed by atoms with E-state index in [9.17, 15) is 0 Å². The third-order valence-corrected chi connectivity index (χ3v) is 2.86. The SMILES string of the molecule is COc1ccc2nc(NC(N)=S)sc2c1. The van der Waals surface area contributed by atoms with Crippen LogP contribution in [0.3, 0.4) is 0 Å². The number of ether oxygens (including phenoxy) is 1. The normalized spacial score (nSPS) is 10.2. The van der Waals surface area contributed by atoms with Crippen molar-refractivity contribution in [3.63, 3.8) is 0 Å². The molecular weight excluding hydrogens is 230 g/mol. The van der Waals surface area contributed by atoms with E-state index in [2.05, 4.69) is 10.3 Å². The van der Waals surface area contributed by atoms with Crippen molar-refractivity contribution in [3.05, 3.63) is 18.2 Å². The fourth-order valence-corrected chi connectivity index (χ4v) is 2.26. The van der Waals surface area contributed by atoms with Gasteiger partial charge in [-0.2, -0.15) is 0 Å². The Kier molecular flexibility index (Phi) is 2.70. The summed E-state index contributed by atoms with van der Waals surface area (Å²) in [5, 5.41) is 3.73. The molecule has 1 aromatic heterocycles. The van der Waals surface area contributed by atoms with Crippen LogP contribution in [0, 0.1) is 0 Å². The van der Waals surface area contributed by atoms with Crippen LogP contribution in [0.4, 0.5) is 5.13 Å². The molecule has 0 spiro atoms. The molecule has 0 aliphatic heterocycles. The van der Waals surface area contributed by atoms with Gasteiger partial charge < -0.3 is 15.8 Å². The average Bonchev–Trinajstić information content (AvgIpc) is 2.57. The van der Waals surface area contributed by atoms with E-state index in [0.29, 0.717) is 5.13 Å². The molecule has 1 heterocycles. The van der Waals surface area contributed by atoms with Crippen molar-refractivity contribution >= 4 is 44.0 Å². The van der Waals surface area contributed by atoms with Gasteiger partial charge in [-0.25, -0.2) is 4.98 Å². The minimum Gasteiger partial charge on any atom is -0.497 e. The molecule has 0 aliphatic rings. The topological polar surface area (TPSA) is 60.2 Å². The van der Waals surface area contributed by atoms with Gasteiger partial charge in [-0.15, -0.1) is 0 Å². The number of nitrogens with one attached hydrogen (secondary N) is 1. The third-order valence-electron chi connectivity index (χ3n) is 1.83. The minimum absolute atomic E-state index is 0.223. The summed E-state index contributed by atoms with van der Waals surface area (Å²) in [5.41, 5.74) is 6.27. The first-order valence-corrected chi connectivity index (χ1v) is 5.42. The molecule has 2 aromatic rings. The summed E-state index contributed by atoms with van der Waals surface area (Å²) in [6.07, 6.45) is 0. The summed E-state index contributed by atoms with van der Waals surface area (Å²) < 4.78 is 6.16. The molecule has 0 amide bonds. The lowest BCUT2D eigenvalue weighted by Crippen LogP contribution is -2.18. The predicted octanol–water partition coefficient (Wildman–Crippen LogP) is 1.96. The van der Waals surface area contributed by atoms with E-state index in [1.54, 1.807) is 7.11 Å². The molecule has 0 fully saturated rings. The van der Waals surface area contributed by atoms with Gasteiger partial charge in [0, 0.05) is 0 Å². The molecule has 78 valence electrons. The van der Waals surface area contributed by atoms with Gasteiger partial charge in [0.15, 0.2) is 10.2 Å². The molecule has 3 N–H and O–H groups in total. The number of thiocarbonyl (C=S) groups is 1.